The molecule has 1 aliphatic carbocycles. The second kappa shape index (κ2) is 4.14. The van der Waals surface area contributed by atoms with Gasteiger partial charge in [-0.25, -0.2) is 0 Å². The molecule has 0 spiro atoms. The number of carboxylic acid groups (broad SMARTS) is 1. The summed E-state index contributed by atoms with van der Waals surface area (Å²) in [6.45, 7) is 0. The van der Waals surface area contributed by atoms with E-state index in [1.807, 2.05) is 0 Å². The lowest BCUT2D eigenvalue weighted by Gasteiger charge is -2.12. The molecule has 0 aromatic carbocycles. The molecule has 1 aliphatic rings. The molecule has 0 radical (unpaired) electrons. The summed E-state index contributed by atoms with van der Waals surface area (Å²) in [6, 6.07) is -1.23. The van der Waals surface area contributed by atoms with Crippen LogP contribution in [-0.4, -0.2) is 34.5 Å². The van der Waals surface area contributed by atoms with Crippen LogP contribution in [0.15, 0.2) is 11.6 Å². The molecule has 0 fully saturated rings. The van der Waals surface area contributed by atoms with Gasteiger partial charge in [0.2, 0.25) is 11.6 Å². The van der Waals surface area contributed by atoms with Gasteiger partial charge in [-0.15, -0.1) is 0 Å². The van der Waals surface area contributed by atoms with Crippen molar-refractivity contribution in [2.75, 3.05) is 0 Å². The molecule has 6 nitrogen and oxygen atoms in total. The number of hydrogen-bond acceptors (Lipinski definition) is 5. The van der Waals surface area contributed by atoms with Gasteiger partial charge in [0.1, 0.15) is 6.04 Å². The van der Waals surface area contributed by atoms with Crippen LogP contribution in [0.2, 0.25) is 0 Å². The third kappa shape index (κ3) is 2.57. The van der Waals surface area contributed by atoms with Crippen molar-refractivity contribution in [2.45, 2.75) is 18.9 Å². The highest BCUT2D eigenvalue weighted by Crippen LogP contribution is 2.14. The van der Waals surface area contributed by atoms with Crippen molar-refractivity contribution in [2.24, 2.45) is 5.73 Å². The van der Waals surface area contributed by atoms with Gasteiger partial charge in [-0.2, -0.15) is 0 Å². The summed E-state index contributed by atoms with van der Waals surface area (Å²) < 4.78 is 0. The van der Waals surface area contributed by atoms with Crippen LogP contribution in [0.4, 0.5) is 0 Å². The molecule has 0 heterocycles. The number of ketones is 3. The van der Waals surface area contributed by atoms with Crippen LogP contribution >= 0.6 is 0 Å². The van der Waals surface area contributed by atoms with Gasteiger partial charge in [0.25, 0.3) is 0 Å². The fraction of sp³-hybridized carbons (Fsp3) is 0.333. The molecule has 3 N–H and O–H groups in total. The Kier molecular flexibility index (Phi) is 3.11. The summed E-state index contributed by atoms with van der Waals surface area (Å²) in [5, 5.41) is 8.50. The molecule has 0 amide bonds. The summed E-state index contributed by atoms with van der Waals surface area (Å²) in [5.41, 5.74) is 5.21. The van der Waals surface area contributed by atoms with Gasteiger partial charge in [-0.05, 0) is 6.08 Å². The van der Waals surface area contributed by atoms with Gasteiger partial charge in [0, 0.05) is 12.0 Å². The molecule has 15 heavy (non-hydrogen) atoms. The largest absolute Gasteiger partial charge is 0.480 e. The van der Waals surface area contributed by atoms with E-state index in [2.05, 4.69) is 0 Å². The molecule has 0 bridgehead atoms. The summed E-state index contributed by atoms with van der Waals surface area (Å²) in [7, 11) is 0. The summed E-state index contributed by atoms with van der Waals surface area (Å²) >= 11 is 0. The van der Waals surface area contributed by atoms with Gasteiger partial charge in [-0.3, -0.25) is 19.2 Å². The van der Waals surface area contributed by atoms with E-state index in [1.165, 1.54) is 0 Å². The summed E-state index contributed by atoms with van der Waals surface area (Å²) in [5.74, 6) is -3.33. The second-order valence-corrected chi connectivity index (χ2v) is 3.21. The van der Waals surface area contributed by atoms with Crippen molar-refractivity contribution in [1.29, 1.82) is 0 Å². The Labute approximate surface area is 84.7 Å². The van der Waals surface area contributed by atoms with Crippen molar-refractivity contribution in [3.8, 4) is 0 Å². The molecule has 1 rings (SSSR count). The topological polar surface area (TPSA) is 115 Å². The fourth-order valence-electron chi connectivity index (χ4n) is 1.16. The lowest BCUT2D eigenvalue weighted by Crippen LogP contribution is -2.33. The predicted octanol–water partition coefficient (Wildman–Crippen LogP) is -1.17. The monoisotopic (exact) mass is 211 g/mol. The van der Waals surface area contributed by atoms with Crippen LogP contribution in [0, 0.1) is 0 Å². The van der Waals surface area contributed by atoms with E-state index in [9.17, 15) is 19.2 Å². The van der Waals surface area contributed by atoms with E-state index < -0.39 is 35.8 Å². The standard InChI is InChI=1S/C9H9NO5/c10-5(9(14)15)1-4-2-7(12)8(13)3-6(4)11/h2,5H,1,3,10H2,(H,14,15)/t5-/m0/s1. The van der Waals surface area contributed by atoms with Crippen LogP contribution < -0.4 is 5.73 Å². The zero-order chi connectivity index (χ0) is 11.6. The van der Waals surface area contributed by atoms with Crippen LogP contribution in [0.5, 0.6) is 0 Å². The minimum Gasteiger partial charge on any atom is -0.480 e. The number of Topliss-reactive ketones (excluding diaryl/α,β-unsaturated/α-hetero) is 2. The Hall–Kier alpha value is -1.82. The van der Waals surface area contributed by atoms with Gasteiger partial charge in [0.15, 0.2) is 5.78 Å². The van der Waals surface area contributed by atoms with Crippen molar-refractivity contribution in [3.05, 3.63) is 11.6 Å². The van der Waals surface area contributed by atoms with Crippen molar-refractivity contribution in [1.82, 2.24) is 0 Å². The van der Waals surface area contributed by atoms with Crippen molar-refractivity contribution >= 4 is 23.3 Å². The summed E-state index contributed by atoms with van der Waals surface area (Å²) in [4.78, 5) is 43.4. The molecule has 6 heteroatoms. The first-order valence-electron chi connectivity index (χ1n) is 4.21. The lowest BCUT2D eigenvalue weighted by molar-refractivity contribution is -0.138. The number of carboxylic acids is 1. The molecule has 1 atom stereocenters. The number of aliphatic carboxylic acids is 1. The van der Waals surface area contributed by atoms with E-state index in [1.54, 1.807) is 0 Å². The molecule has 0 aromatic heterocycles. The van der Waals surface area contributed by atoms with Gasteiger partial charge < -0.3 is 10.8 Å². The maximum absolute atomic E-state index is 11.2. The Morgan fingerprint density at radius 2 is 2.00 bits per heavy atom. The van der Waals surface area contributed by atoms with E-state index in [4.69, 9.17) is 10.8 Å². The smallest absolute Gasteiger partial charge is 0.320 e. The van der Waals surface area contributed by atoms with Crippen LogP contribution in [0.25, 0.3) is 0 Å². The highest BCUT2D eigenvalue weighted by molar-refractivity contribution is 6.48. The number of allylic oxidation sites excluding steroid dienone is 1. The molecule has 0 aromatic rings. The maximum Gasteiger partial charge on any atom is 0.320 e. The van der Waals surface area contributed by atoms with Crippen molar-refractivity contribution < 1.29 is 24.3 Å². The minimum atomic E-state index is -1.26. The predicted molar refractivity (Wildman–Crippen MR) is 47.9 cm³/mol. The SMILES string of the molecule is N[C@@H](CC1=CC(=O)C(=O)CC1=O)C(=O)O. The number of hydrogen-bond donors (Lipinski definition) is 2. The van der Waals surface area contributed by atoms with Crippen LogP contribution in [0.1, 0.15) is 12.8 Å². The van der Waals surface area contributed by atoms with Crippen molar-refractivity contribution in [3.63, 3.8) is 0 Å². The first kappa shape index (κ1) is 11.3. The van der Waals surface area contributed by atoms with Crippen LogP contribution in [0.3, 0.4) is 0 Å². The number of carbonyl (C=O) groups excluding carboxylic acids is 3. The quantitative estimate of drug-likeness (QED) is 0.448. The lowest BCUT2D eigenvalue weighted by atomic mass is 9.92. The third-order valence-corrected chi connectivity index (χ3v) is 2.02. The van der Waals surface area contributed by atoms with Crippen LogP contribution in [-0.2, 0) is 19.2 Å². The highest BCUT2D eigenvalue weighted by Gasteiger charge is 2.28. The maximum atomic E-state index is 11.2. The minimum absolute atomic E-state index is 0.00880. The first-order chi connectivity index (χ1) is 6.91. The van der Waals surface area contributed by atoms with Gasteiger partial charge in [0.05, 0.1) is 6.42 Å². The molecule has 0 aliphatic heterocycles. The second-order valence-electron chi connectivity index (χ2n) is 3.21. The van der Waals surface area contributed by atoms with E-state index in [-0.39, 0.29) is 12.0 Å². The average Bonchev–Trinajstić information content (AvgIpc) is 2.13. The Morgan fingerprint density at radius 3 is 2.53 bits per heavy atom. The molecule has 0 saturated carbocycles. The third-order valence-electron chi connectivity index (χ3n) is 2.02. The molecule has 80 valence electrons. The van der Waals surface area contributed by atoms with Gasteiger partial charge >= 0.3 is 5.97 Å². The Balaban J connectivity index is 2.82. The molecule has 0 saturated heterocycles. The van der Waals surface area contributed by atoms with Gasteiger partial charge in [-0.1, -0.05) is 0 Å². The zero-order valence-corrected chi connectivity index (χ0v) is 7.73. The van der Waals surface area contributed by atoms with E-state index in [0.29, 0.717) is 0 Å². The number of rotatable bonds is 3. The normalized spacial score (nSPS) is 18.7. The average molecular weight is 211 g/mol. The number of nitrogens with two attached hydrogens (primary N) is 1. The Bertz CT molecular complexity index is 382. The molecular formula is C9H9NO5. The Morgan fingerprint density at radius 1 is 1.40 bits per heavy atom. The zero-order valence-electron chi connectivity index (χ0n) is 7.73. The number of carbonyl (C=O) groups is 4. The molecule has 0 unspecified atom stereocenters. The first-order valence-corrected chi connectivity index (χ1v) is 4.21. The molecular weight excluding hydrogens is 202 g/mol. The fourth-order valence-corrected chi connectivity index (χ4v) is 1.16. The van der Waals surface area contributed by atoms with E-state index >= 15 is 0 Å². The van der Waals surface area contributed by atoms with E-state index in [0.717, 1.165) is 6.08 Å². The summed E-state index contributed by atoms with van der Waals surface area (Å²) in [6.07, 6.45) is 0.154. The highest BCUT2D eigenvalue weighted by atomic mass is 16.4.